The van der Waals surface area contributed by atoms with Gasteiger partial charge in [0.2, 0.25) is 0 Å². The fourth-order valence-corrected chi connectivity index (χ4v) is 3.40. The average Bonchev–Trinajstić information content (AvgIpc) is 2.39. The number of nitrogen functional groups attached to an aromatic ring is 1. The molecule has 2 N–H and O–H groups in total. The number of rotatable bonds is 4. The largest absolute Gasteiger partial charge is 0.383 e. The Morgan fingerprint density at radius 3 is 2.65 bits per heavy atom. The summed E-state index contributed by atoms with van der Waals surface area (Å²) in [4.78, 5) is 3.68. The summed E-state index contributed by atoms with van der Waals surface area (Å²) in [5.41, 5.74) is 5.86. The topological polar surface area (TPSA) is 76.3 Å². The van der Waals surface area contributed by atoms with Crippen LogP contribution in [-0.4, -0.2) is 19.9 Å². The molecule has 2 aromatic rings. The minimum absolute atomic E-state index is 0.0812. The van der Waals surface area contributed by atoms with Crippen molar-refractivity contribution in [3.05, 3.63) is 48.4 Å². The smallest absolute Gasteiger partial charge is 0.267 e. The first-order valence-corrected chi connectivity index (χ1v) is 7.39. The monoisotopic (exact) mass is 295 g/mol. The van der Waals surface area contributed by atoms with Crippen LogP contribution in [0.3, 0.4) is 0 Å². The number of aromatic nitrogens is 1. The summed E-state index contributed by atoms with van der Waals surface area (Å²) in [6.45, 7) is 1.81. The summed E-state index contributed by atoms with van der Waals surface area (Å²) in [6, 6.07) is 8.25. The number of pyridine rings is 1. The van der Waals surface area contributed by atoms with Crippen LogP contribution in [0, 0.1) is 5.82 Å². The maximum absolute atomic E-state index is 13.3. The van der Waals surface area contributed by atoms with Gasteiger partial charge in [-0.05, 0) is 37.3 Å². The van der Waals surface area contributed by atoms with Gasteiger partial charge >= 0.3 is 0 Å². The average molecular weight is 295 g/mol. The van der Waals surface area contributed by atoms with Crippen LogP contribution in [-0.2, 0) is 10.0 Å². The number of nitrogens with two attached hydrogens (primary N) is 1. The van der Waals surface area contributed by atoms with Crippen molar-refractivity contribution >= 4 is 21.5 Å². The lowest BCUT2D eigenvalue weighted by Gasteiger charge is -2.23. The molecule has 5 nitrogen and oxygen atoms in total. The number of sulfonamides is 1. The molecule has 0 saturated carbocycles. The first kappa shape index (κ1) is 14.3. The minimum Gasteiger partial charge on any atom is -0.383 e. The Labute approximate surface area is 116 Å². The van der Waals surface area contributed by atoms with Crippen molar-refractivity contribution in [1.29, 1.82) is 0 Å². The molecule has 0 bridgehead atoms. The molecule has 0 aliphatic heterocycles. The number of halogens is 1. The first-order valence-electron chi connectivity index (χ1n) is 5.95. The summed E-state index contributed by atoms with van der Waals surface area (Å²) < 4.78 is 39.5. The highest BCUT2D eigenvalue weighted by atomic mass is 32.2. The summed E-state index contributed by atoms with van der Waals surface area (Å²) in [6.07, 6.45) is 1.41. The third-order valence-corrected chi connectivity index (χ3v) is 4.70. The highest BCUT2D eigenvalue weighted by Gasteiger charge is 2.26. The molecule has 0 spiro atoms. The molecule has 0 unspecified atom stereocenters. The Morgan fingerprint density at radius 2 is 2.05 bits per heavy atom. The van der Waals surface area contributed by atoms with Crippen LogP contribution in [0.4, 0.5) is 15.9 Å². The molecule has 0 aliphatic carbocycles. The first-order chi connectivity index (χ1) is 9.46. The summed E-state index contributed by atoms with van der Waals surface area (Å²) in [5, 5.41) is 0. The van der Waals surface area contributed by atoms with E-state index in [2.05, 4.69) is 4.98 Å². The van der Waals surface area contributed by atoms with Crippen molar-refractivity contribution in [2.24, 2.45) is 0 Å². The van der Waals surface area contributed by atoms with Crippen LogP contribution < -0.4 is 10.0 Å². The van der Waals surface area contributed by atoms with Crippen LogP contribution in [0.25, 0.3) is 0 Å². The Kier molecular flexibility index (Phi) is 3.89. The number of hydrogen-bond acceptors (Lipinski definition) is 4. The molecule has 0 atom stereocenters. The lowest BCUT2D eigenvalue weighted by Crippen LogP contribution is -2.31. The van der Waals surface area contributed by atoms with E-state index >= 15 is 0 Å². The van der Waals surface area contributed by atoms with E-state index in [1.165, 1.54) is 36.5 Å². The van der Waals surface area contributed by atoms with E-state index < -0.39 is 15.8 Å². The molecular formula is C13H14FN3O2S. The van der Waals surface area contributed by atoms with E-state index in [0.29, 0.717) is 0 Å². The number of nitrogens with zero attached hydrogens (tertiary/aromatic N) is 2. The molecule has 106 valence electrons. The molecule has 0 amide bonds. The molecule has 20 heavy (non-hydrogen) atoms. The zero-order valence-corrected chi connectivity index (χ0v) is 11.6. The predicted molar refractivity (Wildman–Crippen MR) is 75.3 cm³/mol. The Bertz CT molecular complexity index is 719. The molecule has 0 radical (unpaired) electrons. The second-order valence-corrected chi connectivity index (χ2v) is 5.87. The van der Waals surface area contributed by atoms with Crippen molar-refractivity contribution in [3.63, 3.8) is 0 Å². The van der Waals surface area contributed by atoms with Gasteiger partial charge in [-0.2, -0.15) is 0 Å². The standard InChI is InChI=1S/C13H14FN3O2S/c1-2-17(11-6-3-5-10(14)9-11)20(18,19)12-7-4-8-16-13(12)15/h3-9H,2H2,1H3,(H2,15,16). The lowest BCUT2D eigenvalue weighted by molar-refractivity contribution is 0.591. The third kappa shape index (κ3) is 2.57. The maximum atomic E-state index is 13.3. The van der Waals surface area contributed by atoms with Crippen molar-refractivity contribution in [2.45, 2.75) is 11.8 Å². The summed E-state index contributed by atoms with van der Waals surface area (Å²) in [5.74, 6) is -0.585. The van der Waals surface area contributed by atoms with Gasteiger partial charge in [0.1, 0.15) is 16.5 Å². The van der Waals surface area contributed by atoms with E-state index in [1.54, 1.807) is 6.92 Å². The minimum atomic E-state index is -3.87. The predicted octanol–water partition coefficient (Wildman–Crippen LogP) is 2.02. The van der Waals surface area contributed by atoms with E-state index in [4.69, 9.17) is 5.73 Å². The third-order valence-electron chi connectivity index (χ3n) is 2.75. The van der Waals surface area contributed by atoms with E-state index in [0.717, 1.165) is 10.4 Å². The molecule has 0 aliphatic rings. The molecule has 2 rings (SSSR count). The van der Waals surface area contributed by atoms with Gasteiger partial charge in [-0.1, -0.05) is 6.07 Å². The molecule has 1 heterocycles. The van der Waals surface area contributed by atoms with Crippen molar-refractivity contribution in [1.82, 2.24) is 4.98 Å². The zero-order valence-electron chi connectivity index (χ0n) is 10.8. The van der Waals surface area contributed by atoms with E-state index in [-0.39, 0.29) is 22.9 Å². The molecular weight excluding hydrogens is 281 g/mol. The molecule has 7 heteroatoms. The number of hydrogen-bond donors (Lipinski definition) is 1. The van der Waals surface area contributed by atoms with Crippen LogP contribution in [0.2, 0.25) is 0 Å². The fraction of sp³-hybridized carbons (Fsp3) is 0.154. The Morgan fingerprint density at radius 1 is 1.30 bits per heavy atom. The number of anilines is 2. The van der Waals surface area contributed by atoms with Crippen LogP contribution in [0.1, 0.15) is 6.92 Å². The van der Waals surface area contributed by atoms with Crippen LogP contribution >= 0.6 is 0 Å². The summed E-state index contributed by atoms with van der Waals surface area (Å²) in [7, 11) is -3.87. The fourth-order valence-electron chi connectivity index (χ4n) is 1.86. The van der Waals surface area contributed by atoms with Gasteiger partial charge in [0, 0.05) is 12.7 Å². The van der Waals surface area contributed by atoms with Gasteiger partial charge < -0.3 is 5.73 Å². The highest BCUT2D eigenvalue weighted by Crippen LogP contribution is 2.26. The Balaban J connectivity index is 2.54. The van der Waals surface area contributed by atoms with Gasteiger partial charge in [-0.25, -0.2) is 17.8 Å². The quantitative estimate of drug-likeness (QED) is 0.936. The van der Waals surface area contributed by atoms with Crippen molar-refractivity contribution in [3.8, 4) is 0 Å². The second-order valence-electron chi connectivity index (χ2n) is 4.04. The molecule has 1 aromatic carbocycles. The van der Waals surface area contributed by atoms with Gasteiger partial charge in [0.15, 0.2) is 0 Å². The number of benzene rings is 1. The maximum Gasteiger partial charge on any atom is 0.267 e. The molecule has 0 saturated heterocycles. The van der Waals surface area contributed by atoms with Gasteiger partial charge in [-0.15, -0.1) is 0 Å². The van der Waals surface area contributed by atoms with E-state index in [1.807, 2.05) is 0 Å². The molecule has 1 aromatic heterocycles. The van der Waals surface area contributed by atoms with Gasteiger partial charge in [0.25, 0.3) is 10.0 Å². The van der Waals surface area contributed by atoms with Crippen LogP contribution in [0.5, 0.6) is 0 Å². The molecule has 0 fully saturated rings. The SMILES string of the molecule is CCN(c1cccc(F)c1)S(=O)(=O)c1cccnc1N. The van der Waals surface area contributed by atoms with E-state index in [9.17, 15) is 12.8 Å². The van der Waals surface area contributed by atoms with Gasteiger partial charge in [0.05, 0.1) is 5.69 Å². The van der Waals surface area contributed by atoms with Crippen molar-refractivity contribution < 1.29 is 12.8 Å². The Hall–Kier alpha value is -2.15. The zero-order chi connectivity index (χ0) is 14.8. The van der Waals surface area contributed by atoms with Gasteiger partial charge in [-0.3, -0.25) is 4.31 Å². The normalized spacial score (nSPS) is 11.3. The lowest BCUT2D eigenvalue weighted by atomic mass is 10.3. The highest BCUT2D eigenvalue weighted by molar-refractivity contribution is 7.93. The summed E-state index contributed by atoms with van der Waals surface area (Å²) >= 11 is 0. The van der Waals surface area contributed by atoms with Crippen molar-refractivity contribution in [2.75, 3.05) is 16.6 Å². The second kappa shape index (κ2) is 5.46. The van der Waals surface area contributed by atoms with Crippen LogP contribution in [0.15, 0.2) is 47.5 Å².